The Morgan fingerprint density at radius 1 is 1.24 bits per heavy atom. The molecule has 0 atom stereocenters. The third-order valence-electron chi connectivity index (χ3n) is 2.00. The highest BCUT2D eigenvalue weighted by atomic mass is 19.4. The Hall–Kier alpha value is -2.05. The van der Waals surface area contributed by atoms with E-state index in [9.17, 15) is 13.2 Å². The lowest BCUT2D eigenvalue weighted by Crippen LogP contribution is -2.19. The fraction of sp³-hybridized carbons (Fsp3) is 0.200. The van der Waals surface area contributed by atoms with E-state index in [1.165, 1.54) is 6.07 Å². The first-order valence-electron chi connectivity index (χ1n) is 4.65. The molecule has 0 unspecified atom stereocenters. The van der Waals surface area contributed by atoms with E-state index in [0.29, 0.717) is 16.6 Å². The standard InChI is InChI=1S/C10H8F3N3O/c11-10(12,13)4-17-9-7-3-6(14)1-2-8(7)15-5-16-9/h1-3,5H,4,14H2. The van der Waals surface area contributed by atoms with E-state index in [2.05, 4.69) is 14.7 Å². The van der Waals surface area contributed by atoms with Crippen molar-refractivity contribution >= 4 is 16.6 Å². The number of nitrogens with zero attached hydrogens (tertiary/aromatic N) is 2. The predicted molar refractivity (Wildman–Crippen MR) is 55.5 cm³/mol. The number of hydrogen-bond acceptors (Lipinski definition) is 4. The molecule has 1 aromatic heterocycles. The minimum atomic E-state index is -4.41. The first-order valence-corrected chi connectivity index (χ1v) is 4.65. The maximum Gasteiger partial charge on any atom is 0.422 e. The number of fused-ring (bicyclic) bond motifs is 1. The van der Waals surface area contributed by atoms with E-state index in [0.717, 1.165) is 6.33 Å². The molecule has 1 aromatic carbocycles. The normalized spacial score (nSPS) is 11.7. The number of benzene rings is 1. The Kier molecular flexibility index (Phi) is 2.74. The van der Waals surface area contributed by atoms with Crippen molar-refractivity contribution in [3.05, 3.63) is 24.5 Å². The van der Waals surface area contributed by atoms with Gasteiger partial charge in [-0.25, -0.2) is 9.97 Å². The molecule has 17 heavy (non-hydrogen) atoms. The number of nitrogen functional groups attached to an aromatic ring is 1. The summed E-state index contributed by atoms with van der Waals surface area (Å²) in [7, 11) is 0. The van der Waals surface area contributed by atoms with Gasteiger partial charge in [-0.3, -0.25) is 0 Å². The molecule has 0 aliphatic rings. The number of ether oxygens (including phenoxy) is 1. The highest BCUT2D eigenvalue weighted by Crippen LogP contribution is 2.25. The van der Waals surface area contributed by atoms with Crippen molar-refractivity contribution in [3.63, 3.8) is 0 Å². The molecule has 0 bridgehead atoms. The lowest BCUT2D eigenvalue weighted by atomic mass is 10.2. The quantitative estimate of drug-likeness (QED) is 0.821. The van der Waals surface area contributed by atoms with Gasteiger partial charge in [-0.05, 0) is 18.2 Å². The summed E-state index contributed by atoms with van der Waals surface area (Å²) in [5, 5.41) is 0.358. The van der Waals surface area contributed by atoms with Crippen molar-refractivity contribution < 1.29 is 17.9 Å². The van der Waals surface area contributed by atoms with Gasteiger partial charge in [0.2, 0.25) is 5.88 Å². The second-order valence-electron chi connectivity index (χ2n) is 3.36. The van der Waals surface area contributed by atoms with Crippen LogP contribution in [0.1, 0.15) is 0 Å². The summed E-state index contributed by atoms with van der Waals surface area (Å²) in [6, 6.07) is 4.66. The fourth-order valence-electron chi connectivity index (χ4n) is 1.32. The van der Waals surface area contributed by atoms with Crippen molar-refractivity contribution in [2.24, 2.45) is 0 Å². The summed E-state index contributed by atoms with van der Waals surface area (Å²) < 4.78 is 40.7. The lowest BCUT2D eigenvalue weighted by molar-refractivity contribution is -0.153. The van der Waals surface area contributed by atoms with Crippen molar-refractivity contribution in [1.29, 1.82) is 0 Å². The largest absolute Gasteiger partial charge is 0.467 e. The highest BCUT2D eigenvalue weighted by Gasteiger charge is 2.29. The van der Waals surface area contributed by atoms with Crippen LogP contribution in [0.5, 0.6) is 5.88 Å². The van der Waals surface area contributed by atoms with Gasteiger partial charge in [0.25, 0.3) is 0 Å². The molecule has 0 spiro atoms. The van der Waals surface area contributed by atoms with Crippen LogP contribution in [-0.2, 0) is 0 Å². The van der Waals surface area contributed by atoms with Crippen LogP contribution >= 0.6 is 0 Å². The zero-order valence-corrected chi connectivity index (χ0v) is 8.53. The third-order valence-corrected chi connectivity index (χ3v) is 2.00. The molecule has 4 nitrogen and oxygen atoms in total. The lowest BCUT2D eigenvalue weighted by Gasteiger charge is -2.10. The number of nitrogens with two attached hydrogens (primary N) is 1. The van der Waals surface area contributed by atoms with E-state index >= 15 is 0 Å². The van der Waals surface area contributed by atoms with E-state index < -0.39 is 12.8 Å². The second-order valence-corrected chi connectivity index (χ2v) is 3.36. The Bertz CT molecular complexity index is 542. The number of alkyl halides is 3. The van der Waals surface area contributed by atoms with Gasteiger partial charge < -0.3 is 10.5 Å². The van der Waals surface area contributed by atoms with Crippen molar-refractivity contribution in [1.82, 2.24) is 9.97 Å². The Morgan fingerprint density at radius 3 is 2.71 bits per heavy atom. The molecule has 90 valence electrons. The zero-order chi connectivity index (χ0) is 12.5. The SMILES string of the molecule is Nc1ccc2ncnc(OCC(F)(F)F)c2c1. The van der Waals surface area contributed by atoms with E-state index in [1.54, 1.807) is 12.1 Å². The molecule has 0 fully saturated rings. The smallest absolute Gasteiger partial charge is 0.422 e. The van der Waals surface area contributed by atoms with Crippen LogP contribution in [0.15, 0.2) is 24.5 Å². The van der Waals surface area contributed by atoms with Gasteiger partial charge in [-0.1, -0.05) is 0 Å². The Labute approximate surface area is 94.2 Å². The van der Waals surface area contributed by atoms with Crippen LogP contribution in [0.3, 0.4) is 0 Å². The Morgan fingerprint density at radius 2 is 2.00 bits per heavy atom. The maximum atomic E-state index is 12.0. The summed E-state index contributed by atoms with van der Waals surface area (Å²) in [5.41, 5.74) is 6.43. The average Bonchev–Trinajstić information content (AvgIpc) is 2.25. The van der Waals surface area contributed by atoms with E-state index in [-0.39, 0.29) is 5.88 Å². The minimum absolute atomic E-state index is 0.125. The van der Waals surface area contributed by atoms with Gasteiger partial charge in [0, 0.05) is 5.69 Å². The second kappa shape index (κ2) is 4.08. The van der Waals surface area contributed by atoms with Crippen molar-refractivity contribution in [2.75, 3.05) is 12.3 Å². The Balaban J connectivity index is 2.36. The molecule has 7 heteroatoms. The van der Waals surface area contributed by atoms with Gasteiger partial charge in [0.1, 0.15) is 6.33 Å². The van der Waals surface area contributed by atoms with Crippen molar-refractivity contribution in [2.45, 2.75) is 6.18 Å². The molecular weight excluding hydrogens is 235 g/mol. The third kappa shape index (κ3) is 2.74. The molecule has 1 heterocycles. The van der Waals surface area contributed by atoms with Crippen LogP contribution in [0.4, 0.5) is 18.9 Å². The first-order chi connectivity index (χ1) is 7.96. The zero-order valence-electron chi connectivity index (χ0n) is 8.53. The number of aromatic nitrogens is 2. The molecular formula is C10H8F3N3O. The maximum absolute atomic E-state index is 12.0. The van der Waals surface area contributed by atoms with Crippen LogP contribution in [-0.4, -0.2) is 22.8 Å². The molecule has 2 N–H and O–H groups in total. The summed E-state index contributed by atoms with van der Waals surface area (Å²) in [6.07, 6.45) is -3.26. The molecule has 0 saturated carbocycles. The van der Waals surface area contributed by atoms with Gasteiger partial charge in [0.05, 0.1) is 10.9 Å². The monoisotopic (exact) mass is 243 g/mol. The number of hydrogen-bond donors (Lipinski definition) is 1. The van der Waals surface area contributed by atoms with E-state index in [4.69, 9.17) is 5.73 Å². The van der Waals surface area contributed by atoms with Crippen LogP contribution < -0.4 is 10.5 Å². The molecule has 0 aliphatic heterocycles. The van der Waals surface area contributed by atoms with Crippen LogP contribution in [0.2, 0.25) is 0 Å². The summed E-state index contributed by atoms with van der Waals surface area (Å²) in [5.74, 6) is -0.125. The molecule has 2 aromatic rings. The van der Waals surface area contributed by atoms with Crippen LogP contribution in [0.25, 0.3) is 10.9 Å². The average molecular weight is 243 g/mol. The molecule has 0 radical (unpaired) electrons. The topological polar surface area (TPSA) is 61.0 Å². The molecule has 0 aliphatic carbocycles. The summed E-state index contributed by atoms with van der Waals surface area (Å²) in [6.45, 7) is -1.39. The molecule has 0 amide bonds. The molecule has 0 saturated heterocycles. The minimum Gasteiger partial charge on any atom is -0.467 e. The molecule has 2 rings (SSSR count). The van der Waals surface area contributed by atoms with Crippen LogP contribution in [0, 0.1) is 0 Å². The fourth-order valence-corrected chi connectivity index (χ4v) is 1.32. The van der Waals surface area contributed by atoms with Gasteiger partial charge in [-0.15, -0.1) is 0 Å². The number of anilines is 1. The summed E-state index contributed by atoms with van der Waals surface area (Å²) in [4.78, 5) is 7.56. The van der Waals surface area contributed by atoms with Gasteiger partial charge in [-0.2, -0.15) is 13.2 Å². The van der Waals surface area contributed by atoms with Gasteiger partial charge in [0.15, 0.2) is 6.61 Å². The number of rotatable bonds is 2. The van der Waals surface area contributed by atoms with E-state index in [1.807, 2.05) is 0 Å². The van der Waals surface area contributed by atoms with Crippen molar-refractivity contribution in [3.8, 4) is 5.88 Å². The summed E-state index contributed by atoms with van der Waals surface area (Å²) >= 11 is 0. The van der Waals surface area contributed by atoms with Gasteiger partial charge >= 0.3 is 6.18 Å². The number of halogens is 3. The first kappa shape index (κ1) is 11.4. The predicted octanol–water partition coefficient (Wildman–Crippen LogP) is 2.15. The highest BCUT2D eigenvalue weighted by molar-refractivity contribution is 5.86.